The molecule has 0 radical (unpaired) electrons. The number of benzene rings is 1. The van der Waals surface area contributed by atoms with E-state index in [0.29, 0.717) is 6.61 Å². The fourth-order valence-electron chi connectivity index (χ4n) is 2.25. The maximum absolute atomic E-state index is 12.8. The zero-order chi connectivity index (χ0) is 12.8. The van der Waals surface area contributed by atoms with E-state index in [4.69, 9.17) is 5.90 Å². The van der Waals surface area contributed by atoms with Gasteiger partial charge in [0.25, 0.3) is 0 Å². The van der Waals surface area contributed by atoms with Gasteiger partial charge in [0.05, 0.1) is 6.61 Å². The van der Waals surface area contributed by atoms with Crippen molar-refractivity contribution in [1.82, 2.24) is 4.90 Å². The van der Waals surface area contributed by atoms with E-state index < -0.39 is 0 Å². The molecule has 1 saturated heterocycles. The molecule has 2 N–H and O–H groups in total. The Balaban J connectivity index is 1.77. The summed E-state index contributed by atoms with van der Waals surface area (Å²) in [6.07, 6.45) is 0.965. The summed E-state index contributed by atoms with van der Waals surface area (Å²) in [5.74, 6) is 4.82. The van der Waals surface area contributed by atoms with Crippen molar-refractivity contribution in [1.29, 1.82) is 0 Å². The summed E-state index contributed by atoms with van der Waals surface area (Å²) >= 11 is 0. The van der Waals surface area contributed by atoms with Crippen LogP contribution in [0.5, 0.6) is 0 Å². The van der Waals surface area contributed by atoms with Crippen LogP contribution in [0.2, 0.25) is 0 Å². The predicted molar refractivity (Wildman–Crippen MR) is 69.8 cm³/mol. The van der Waals surface area contributed by atoms with Gasteiger partial charge in [0.2, 0.25) is 0 Å². The van der Waals surface area contributed by atoms with Gasteiger partial charge in [0.1, 0.15) is 5.82 Å². The predicted octanol–water partition coefficient (Wildman–Crippen LogP) is 1.23. The minimum Gasteiger partial charge on any atom is -0.369 e. The Kier molecular flexibility index (Phi) is 4.92. The van der Waals surface area contributed by atoms with Crippen LogP contribution in [-0.4, -0.2) is 44.2 Å². The van der Waals surface area contributed by atoms with Gasteiger partial charge in [0.15, 0.2) is 0 Å². The van der Waals surface area contributed by atoms with Gasteiger partial charge in [-0.2, -0.15) is 0 Å². The summed E-state index contributed by atoms with van der Waals surface area (Å²) < 4.78 is 12.8. The lowest BCUT2D eigenvalue weighted by atomic mass is 10.2. The Hall–Kier alpha value is -1.17. The van der Waals surface area contributed by atoms with E-state index in [2.05, 4.69) is 14.6 Å². The van der Waals surface area contributed by atoms with Gasteiger partial charge < -0.3 is 9.74 Å². The second-order valence-corrected chi connectivity index (χ2v) is 4.53. The molecule has 2 rings (SSSR count). The van der Waals surface area contributed by atoms with Gasteiger partial charge in [-0.15, -0.1) is 0 Å². The Bertz CT molecular complexity index is 350. The Labute approximate surface area is 107 Å². The van der Waals surface area contributed by atoms with Crippen LogP contribution in [0.25, 0.3) is 0 Å². The normalized spacial score (nSPS) is 17.1. The van der Waals surface area contributed by atoms with Crippen molar-refractivity contribution >= 4 is 5.69 Å². The number of hydrogen-bond donors (Lipinski definition) is 1. The molecule has 0 aromatic heterocycles. The summed E-state index contributed by atoms with van der Waals surface area (Å²) in [5.41, 5.74) is 1.10. The van der Waals surface area contributed by atoms with Crippen molar-refractivity contribution in [3.8, 4) is 0 Å². The third-order valence-corrected chi connectivity index (χ3v) is 3.30. The smallest absolute Gasteiger partial charge is 0.123 e. The van der Waals surface area contributed by atoms with E-state index >= 15 is 0 Å². The van der Waals surface area contributed by atoms with E-state index in [0.717, 1.165) is 44.8 Å². The number of rotatable bonds is 5. The monoisotopic (exact) mass is 253 g/mol. The fourth-order valence-corrected chi connectivity index (χ4v) is 2.25. The quantitative estimate of drug-likeness (QED) is 0.633. The molecule has 1 aromatic rings. The zero-order valence-electron chi connectivity index (χ0n) is 10.5. The molecule has 0 spiro atoms. The van der Waals surface area contributed by atoms with Crippen LogP contribution in [0.4, 0.5) is 10.1 Å². The van der Waals surface area contributed by atoms with Gasteiger partial charge in [-0.25, -0.2) is 10.3 Å². The molecule has 5 heteroatoms. The third-order valence-electron chi connectivity index (χ3n) is 3.30. The van der Waals surface area contributed by atoms with Crippen LogP contribution < -0.4 is 10.8 Å². The van der Waals surface area contributed by atoms with Gasteiger partial charge in [-0.05, 0) is 30.7 Å². The number of nitrogens with two attached hydrogens (primary N) is 1. The molecular weight excluding hydrogens is 233 g/mol. The molecule has 1 heterocycles. The van der Waals surface area contributed by atoms with Crippen molar-refractivity contribution in [2.24, 2.45) is 5.90 Å². The lowest BCUT2D eigenvalue weighted by Crippen LogP contribution is -2.46. The third kappa shape index (κ3) is 3.66. The highest BCUT2D eigenvalue weighted by molar-refractivity contribution is 5.46. The molecular formula is C13H20FN3O. The fraction of sp³-hybridized carbons (Fsp3) is 0.538. The summed E-state index contributed by atoms with van der Waals surface area (Å²) in [4.78, 5) is 9.25. The highest BCUT2D eigenvalue weighted by Gasteiger charge is 2.16. The van der Waals surface area contributed by atoms with Gasteiger partial charge in [-0.1, -0.05) is 0 Å². The summed E-state index contributed by atoms with van der Waals surface area (Å²) in [5, 5.41) is 0. The molecule has 1 aliphatic heterocycles. The summed E-state index contributed by atoms with van der Waals surface area (Å²) in [6, 6.07) is 6.71. The van der Waals surface area contributed by atoms with Crippen molar-refractivity contribution < 1.29 is 9.23 Å². The van der Waals surface area contributed by atoms with Crippen LogP contribution in [0.1, 0.15) is 6.42 Å². The van der Waals surface area contributed by atoms with Crippen molar-refractivity contribution in [3.05, 3.63) is 30.1 Å². The highest BCUT2D eigenvalue weighted by atomic mass is 19.1. The van der Waals surface area contributed by atoms with Crippen LogP contribution >= 0.6 is 0 Å². The zero-order valence-corrected chi connectivity index (χ0v) is 10.5. The molecule has 0 amide bonds. The molecule has 0 atom stereocenters. The van der Waals surface area contributed by atoms with Crippen molar-refractivity contribution in [3.63, 3.8) is 0 Å². The number of hydrogen-bond acceptors (Lipinski definition) is 4. The van der Waals surface area contributed by atoms with E-state index in [9.17, 15) is 4.39 Å². The second-order valence-electron chi connectivity index (χ2n) is 4.53. The number of nitrogens with zero attached hydrogens (tertiary/aromatic N) is 2. The first-order valence-electron chi connectivity index (χ1n) is 6.34. The number of piperazine rings is 1. The van der Waals surface area contributed by atoms with Crippen LogP contribution in [0.15, 0.2) is 24.3 Å². The largest absolute Gasteiger partial charge is 0.369 e. The maximum atomic E-state index is 12.8. The molecule has 100 valence electrons. The first-order chi connectivity index (χ1) is 8.79. The molecule has 1 aromatic carbocycles. The van der Waals surface area contributed by atoms with E-state index in [1.165, 1.54) is 12.1 Å². The topological polar surface area (TPSA) is 41.7 Å². The van der Waals surface area contributed by atoms with Gasteiger partial charge in [0, 0.05) is 38.4 Å². The van der Waals surface area contributed by atoms with Crippen LogP contribution in [-0.2, 0) is 4.84 Å². The molecule has 0 saturated carbocycles. The molecule has 1 aliphatic rings. The molecule has 18 heavy (non-hydrogen) atoms. The maximum Gasteiger partial charge on any atom is 0.123 e. The van der Waals surface area contributed by atoms with E-state index in [-0.39, 0.29) is 5.82 Å². The molecule has 0 bridgehead atoms. The summed E-state index contributed by atoms with van der Waals surface area (Å²) in [7, 11) is 0. The number of halogens is 1. The Morgan fingerprint density at radius 1 is 1.11 bits per heavy atom. The Morgan fingerprint density at radius 2 is 1.78 bits per heavy atom. The first kappa shape index (κ1) is 13.3. The Morgan fingerprint density at radius 3 is 2.39 bits per heavy atom. The lowest BCUT2D eigenvalue weighted by Gasteiger charge is -2.36. The molecule has 4 nitrogen and oxygen atoms in total. The molecule has 1 fully saturated rings. The van der Waals surface area contributed by atoms with Crippen molar-refractivity contribution in [2.45, 2.75) is 6.42 Å². The van der Waals surface area contributed by atoms with Crippen LogP contribution in [0.3, 0.4) is 0 Å². The number of anilines is 1. The average Bonchev–Trinajstić information content (AvgIpc) is 2.41. The SMILES string of the molecule is NOCCCN1CCN(c2ccc(F)cc2)CC1. The van der Waals surface area contributed by atoms with Gasteiger partial charge >= 0.3 is 0 Å². The van der Waals surface area contributed by atoms with Crippen molar-refractivity contribution in [2.75, 3.05) is 44.2 Å². The van der Waals surface area contributed by atoms with Gasteiger partial charge in [-0.3, -0.25) is 4.90 Å². The highest BCUT2D eigenvalue weighted by Crippen LogP contribution is 2.16. The standard InChI is InChI=1S/C13H20FN3O/c14-12-2-4-13(5-3-12)17-9-7-16(8-10-17)6-1-11-18-15/h2-5H,1,6-11,15H2. The summed E-state index contributed by atoms with van der Waals surface area (Å²) in [6.45, 7) is 5.65. The second kappa shape index (κ2) is 6.68. The van der Waals surface area contributed by atoms with E-state index in [1.807, 2.05) is 12.1 Å². The van der Waals surface area contributed by atoms with Crippen LogP contribution in [0, 0.1) is 5.82 Å². The molecule has 0 aliphatic carbocycles. The molecule has 0 unspecified atom stereocenters. The minimum atomic E-state index is -0.181. The average molecular weight is 253 g/mol. The van der Waals surface area contributed by atoms with E-state index in [1.54, 1.807) is 0 Å². The first-order valence-corrected chi connectivity index (χ1v) is 6.34. The lowest BCUT2D eigenvalue weighted by molar-refractivity contribution is 0.122. The minimum absolute atomic E-state index is 0.181.